The highest BCUT2D eigenvalue weighted by molar-refractivity contribution is 6.35. The molecular formula is C20H17Cl2NO6. The fourth-order valence-corrected chi connectivity index (χ4v) is 2.89. The van der Waals surface area contributed by atoms with Crippen molar-refractivity contribution in [3.63, 3.8) is 0 Å². The highest BCUT2D eigenvalue weighted by atomic mass is 35.5. The van der Waals surface area contributed by atoms with Crippen LogP contribution in [0.5, 0.6) is 5.75 Å². The van der Waals surface area contributed by atoms with E-state index in [1.165, 1.54) is 36.4 Å². The molecule has 2 aromatic carbocycles. The molecule has 0 spiro atoms. The van der Waals surface area contributed by atoms with Crippen LogP contribution in [0.4, 0.5) is 5.69 Å². The second kappa shape index (κ2) is 10.0. The summed E-state index contributed by atoms with van der Waals surface area (Å²) in [6.07, 6.45) is -1.27. The van der Waals surface area contributed by atoms with Crippen molar-refractivity contribution in [2.45, 2.75) is 19.4 Å². The van der Waals surface area contributed by atoms with Crippen molar-refractivity contribution in [2.24, 2.45) is 0 Å². The van der Waals surface area contributed by atoms with E-state index in [2.05, 4.69) is 6.58 Å². The van der Waals surface area contributed by atoms with Crippen LogP contribution in [0.15, 0.2) is 54.6 Å². The van der Waals surface area contributed by atoms with Crippen LogP contribution in [0, 0.1) is 10.1 Å². The van der Waals surface area contributed by atoms with E-state index in [1.807, 2.05) is 0 Å². The largest absolute Gasteiger partial charge is 0.480 e. The molecule has 0 aliphatic carbocycles. The van der Waals surface area contributed by atoms with Gasteiger partial charge in [-0.25, -0.2) is 4.79 Å². The van der Waals surface area contributed by atoms with Gasteiger partial charge in [0, 0.05) is 23.6 Å². The van der Waals surface area contributed by atoms with Crippen LogP contribution in [-0.4, -0.2) is 29.4 Å². The number of hydrogen-bond acceptors (Lipinski definition) is 6. The smallest absolute Gasteiger partial charge is 0.341 e. The third-order valence-electron chi connectivity index (χ3n) is 3.82. The standard InChI is InChI=1S/C20H17Cl2NO6/c1-3-28-20(25)12(2)19(24)18(29-17-8-7-14(21)11-16(17)22)10-13-5-4-6-15(9-13)23(26)27/h4-9,11,18H,2-3,10H2,1H3. The molecule has 2 aromatic rings. The molecule has 0 bridgehead atoms. The first-order chi connectivity index (χ1) is 13.7. The number of benzene rings is 2. The van der Waals surface area contributed by atoms with Gasteiger partial charge in [0.1, 0.15) is 5.75 Å². The van der Waals surface area contributed by atoms with E-state index in [4.69, 9.17) is 32.7 Å². The summed E-state index contributed by atoms with van der Waals surface area (Å²) in [6, 6.07) is 10.2. The van der Waals surface area contributed by atoms with Gasteiger partial charge in [0.15, 0.2) is 6.10 Å². The predicted octanol–water partition coefficient (Wildman–Crippen LogP) is 4.58. The number of Topliss-reactive ketones (excluding diaryl/α,β-unsaturated/α-hetero) is 1. The zero-order valence-corrected chi connectivity index (χ0v) is 16.9. The fourth-order valence-electron chi connectivity index (χ4n) is 2.44. The molecular weight excluding hydrogens is 421 g/mol. The van der Waals surface area contributed by atoms with Crippen molar-refractivity contribution in [2.75, 3.05) is 6.61 Å². The zero-order chi connectivity index (χ0) is 21.6. The van der Waals surface area contributed by atoms with Crippen molar-refractivity contribution in [3.8, 4) is 5.75 Å². The molecule has 0 aliphatic rings. The van der Waals surface area contributed by atoms with Crippen molar-refractivity contribution < 1.29 is 24.0 Å². The molecule has 0 N–H and O–H groups in total. The Hall–Kier alpha value is -2.90. The Labute approximate surface area is 177 Å². The molecule has 29 heavy (non-hydrogen) atoms. The van der Waals surface area contributed by atoms with Crippen LogP contribution >= 0.6 is 23.2 Å². The van der Waals surface area contributed by atoms with E-state index in [9.17, 15) is 19.7 Å². The normalized spacial score (nSPS) is 11.4. The van der Waals surface area contributed by atoms with Gasteiger partial charge in [0.2, 0.25) is 5.78 Å². The first-order valence-corrected chi connectivity index (χ1v) is 9.23. The number of ether oxygens (including phenoxy) is 2. The van der Waals surface area contributed by atoms with E-state index in [-0.39, 0.29) is 29.5 Å². The molecule has 2 rings (SSSR count). The van der Waals surface area contributed by atoms with E-state index < -0.39 is 28.4 Å². The summed E-state index contributed by atoms with van der Waals surface area (Å²) in [5.74, 6) is -1.43. The van der Waals surface area contributed by atoms with Gasteiger partial charge in [-0.3, -0.25) is 14.9 Å². The minimum atomic E-state index is -1.22. The lowest BCUT2D eigenvalue weighted by atomic mass is 10.00. The second-order valence-corrected chi connectivity index (χ2v) is 6.72. The third-order valence-corrected chi connectivity index (χ3v) is 4.35. The molecule has 0 amide bonds. The van der Waals surface area contributed by atoms with Crippen LogP contribution in [0.1, 0.15) is 12.5 Å². The summed E-state index contributed by atoms with van der Waals surface area (Å²) in [5, 5.41) is 11.5. The number of hydrogen-bond donors (Lipinski definition) is 0. The van der Waals surface area contributed by atoms with Crippen LogP contribution in [0.25, 0.3) is 0 Å². The van der Waals surface area contributed by atoms with Gasteiger partial charge >= 0.3 is 5.97 Å². The molecule has 9 heteroatoms. The fraction of sp³-hybridized carbons (Fsp3) is 0.200. The summed E-state index contributed by atoms with van der Waals surface area (Å²) in [7, 11) is 0. The molecule has 0 fully saturated rings. The van der Waals surface area contributed by atoms with Crippen LogP contribution in [0.3, 0.4) is 0 Å². The average Bonchev–Trinajstić information content (AvgIpc) is 2.68. The molecule has 0 aliphatic heterocycles. The maximum Gasteiger partial charge on any atom is 0.341 e. The van der Waals surface area contributed by atoms with E-state index in [0.29, 0.717) is 10.6 Å². The van der Waals surface area contributed by atoms with Gasteiger partial charge in [-0.05, 0) is 30.7 Å². The summed E-state index contributed by atoms with van der Waals surface area (Å²) < 4.78 is 10.6. The summed E-state index contributed by atoms with van der Waals surface area (Å²) in [4.78, 5) is 35.2. The monoisotopic (exact) mass is 437 g/mol. The predicted molar refractivity (Wildman–Crippen MR) is 108 cm³/mol. The lowest BCUT2D eigenvalue weighted by Gasteiger charge is -2.19. The number of ketones is 1. The average molecular weight is 438 g/mol. The van der Waals surface area contributed by atoms with Crippen LogP contribution < -0.4 is 4.74 Å². The Kier molecular flexibility index (Phi) is 7.75. The number of nitro benzene ring substituents is 1. The SMILES string of the molecule is C=C(C(=O)OCC)C(=O)C(Cc1cccc([N+](=O)[O-])c1)Oc1ccc(Cl)cc1Cl. The van der Waals surface area contributed by atoms with Gasteiger partial charge in [-0.2, -0.15) is 0 Å². The number of rotatable bonds is 9. The number of halogens is 2. The first kappa shape index (κ1) is 22.4. The van der Waals surface area contributed by atoms with Crippen molar-refractivity contribution in [1.29, 1.82) is 0 Å². The lowest BCUT2D eigenvalue weighted by molar-refractivity contribution is -0.384. The molecule has 0 saturated carbocycles. The van der Waals surface area contributed by atoms with Gasteiger partial charge < -0.3 is 9.47 Å². The molecule has 0 heterocycles. The maximum absolute atomic E-state index is 12.8. The molecule has 152 valence electrons. The Morgan fingerprint density at radius 2 is 1.93 bits per heavy atom. The number of non-ortho nitro benzene ring substituents is 1. The summed E-state index contributed by atoms with van der Waals surface area (Å²) in [5.41, 5.74) is -0.0749. The second-order valence-electron chi connectivity index (χ2n) is 5.88. The van der Waals surface area contributed by atoms with E-state index in [1.54, 1.807) is 13.0 Å². The first-order valence-electron chi connectivity index (χ1n) is 8.48. The molecule has 1 atom stereocenters. The quantitative estimate of drug-likeness (QED) is 0.142. The van der Waals surface area contributed by atoms with Gasteiger partial charge in [-0.15, -0.1) is 0 Å². The Bertz CT molecular complexity index is 960. The molecule has 7 nitrogen and oxygen atoms in total. The van der Waals surface area contributed by atoms with Crippen molar-refractivity contribution in [3.05, 3.63) is 80.3 Å². The summed E-state index contributed by atoms with van der Waals surface area (Å²) >= 11 is 12.0. The van der Waals surface area contributed by atoms with Gasteiger partial charge in [-0.1, -0.05) is 41.9 Å². The Balaban J connectivity index is 2.35. The maximum atomic E-state index is 12.8. The molecule has 0 aromatic heterocycles. The van der Waals surface area contributed by atoms with Crippen molar-refractivity contribution in [1.82, 2.24) is 0 Å². The number of carbonyl (C=O) groups is 2. The molecule has 0 saturated heterocycles. The van der Waals surface area contributed by atoms with Gasteiger partial charge in [0.05, 0.1) is 22.1 Å². The number of nitro groups is 1. The zero-order valence-electron chi connectivity index (χ0n) is 15.4. The number of esters is 1. The highest BCUT2D eigenvalue weighted by Gasteiger charge is 2.29. The molecule has 0 radical (unpaired) electrons. The van der Waals surface area contributed by atoms with Crippen LogP contribution in [-0.2, 0) is 20.7 Å². The van der Waals surface area contributed by atoms with Crippen molar-refractivity contribution >= 4 is 40.6 Å². The lowest BCUT2D eigenvalue weighted by Crippen LogP contribution is -2.33. The molecule has 1 unspecified atom stereocenters. The Morgan fingerprint density at radius 3 is 2.55 bits per heavy atom. The Morgan fingerprint density at radius 1 is 1.21 bits per heavy atom. The minimum Gasteiger partial charge on any atom is -0.480 e. The van der Waals surface area contributed by atoms with E-state index >= 15 is 0 Å². The van der Waals surface area contributed by atoms with E-state index in [0.717, 1.165) is 0 Å². The number of carbonyl (C=O) groups excluding carboxylic acids is 2. The van der Waals surface area contributed by atoms with Gasteiger partial charge in [0.25, 0.3) is 5.69 Å². The van der Waals surface area contributed by atoms with Crippen LogP contribution in [0.2, 0.25) is 10.0 Å². The summed E-state index contributed by atoms with van der Waals surface area (Å²) in [6.45, 7) is 5.16. The number of nitrogens with zero attached hydrogens (tertiary/aromatic N) is 1. The third kappa shape index (κ3) is 6.04. The highest BCUT2D eigenvalue weighted by Crippen LogP contribution is 2.29. The topological polar surface area (TPSA) is 95.7 Å². The minimum absolute atomic E-state index is 0.0576.